The van der Waals surface area contributed by atoms with E-state index in [4.69, 9.17) is 4.74 Å². The average Bonchev–Trinajstić information content (AvgIpc) is 2.73. The predicted molar refractivity (Wildman–Crippen MR) is 60.8 cm³/mol. The van der Waals surface area contributed by atoms with E-state index in [1.807, 2.05) is 6.07 Å². The molecule has 1 saturated heterocycles. The van der Waals surface area contributed by atoms with Gasteiger partial charge in [-0.05, 0) is 12.1 Å². The summed E-state index contributed by atoms with van der Waals surface area (Å²) < 4.78 is 5.62. The standard InChI is InChI=1S/C12H16N2O2/c15-9-1-2-10-11(8-16-12(10)7-9)14-5-3-13-4-6-14/h1-2,7,11,13,15H,3-6,8H2. The Morgan fingerprint density at radius 3 is 2.94 bits per heavy atom. The molecule has 16 heavy (non-hydrogen) atoms. The number of hydrogen-bond acceptors (Lipinski definition) is 4. The van der Waals surface area contributed by atoms with Gasteiger partial charge < -0.3 is 15.2 Å². The van der Waals surface area contributed by atoms with Crippen molar-refractivity contribution in [3.63, 3.8) is 0 Å². The van der Waals surface area contributed by atoms with Gasteiger partial charge in [0.1, 0.15) is 18.1 Å². The summed E-state index contributed by atoms with van der Waals surface area (Å²) in [5, 5.41) is 12.7. The van der Waals surface area contributed by atoms with E-state index in [9.17, 15) is 5.11 Å². The van der Waals surface area contributed by atoms with Crippen molar-refractivity contribution in [2.45, 2.75) is 6.04 Å². The highest BCUT2D eigenvalue weighted by molar-refractivity contribution is 5.44. The minimum Gasteiger partial charge on any atom is -0.508 e. The maximum Gasteiger partial charge on any atom is 0.127 e. The van der Waals surface area contributed by atoms with Crippen LogP contribution in [0.3, 0.4) is 0 Å². The van der Waals surface area contributed by atoms with Gasteiger partial charge in [-0.1, -0.05) is 0 Å². The lowest BCUT2D eigenvalue weighted by Gasteiger charge is -2.31. The molecule has 3 rings (SSSR count). The Morgan fingerprint density at radius 1 is 1.31 bits per heavy atom. The Bertz CT molecular complexity index is 389. The summed E-state index contributed by atoms with van der Waals surface area (Å²) in [5.74, 6) is 1.11. The summed E-state index contributed by atoms with van der Waals surface area (Å²) in [5.41, 5.74) is 1.21. The van der Waals surface area contributed by atoms with Crippen molar-refractivity contribution >= 4 is 0 Å². The van der Waals surface area contributed by atoms with Crippen molar-refractivity contribution in [2.24, 2.45) is 0 Å². The summed E-state index contributed by atoms with van der Waals surface area (Å²) in [7, 11) is 0. The number of ether oxygens (including phenoxy) is 1. The molecule has 2 heterocycles. The van der Waals surface area contributed by atoms with E-state index in [-0.39, 0.29) is 5.75 Å². The number of fused-ring (bicyclic) bond motifs is 1. The second kappa shape index (κ2) is 3.96. The Kier molecular flexibility index (Phi) is 2.46. The lowest BCUT2D eigenvalue weighted by Crippen LogP contribution is -2.45. The van der Waals surface area contributed by atoms with Crippen LogP contribution in [0.4, 0.5) is 0 Å². The first-order valence-electron chi connectivity index (χ1n) is 5.75. The minimum absolute atomic E-state index is 0.278. The predicted octanol–water partition coefficient (Wildman–Crippen LogP) is 0.731. The van der Waals surface area contributed by atoms with Crippen LogP contribution in [0.15, 0.2) is 18.2 Å². The molecule has 1 aromatic rings. The van der Waals surface area contributed by atoms with Crippen molar-refractivity contribution < 1.29 is 9.84 Å². The van der Waals surface area contributed by atoms with Crippen molar-refractivity contribution in [2.75, 3.05) is 32.8 Å². The Labute approximate surface area is 94.8 Å². The minimum atomic E-state index is 0.278. The van der Waals surface area contributed by atoms with Gasteiger partial charge in [0.25, 0.3) is 0 Å². The lowest BCUT2D eigenvalue weighted by molar-refractivity contribution is 0.146. The maximum absolute atomic E-state index is 9.39. The fraction of sp³-hybridized carbons (Fsp3) is 0.500. The molecule has 0 bridgehead atoms. The smallest absolute Gasteiger partial charge is 0.127 e. The van der Waals surface area contributed by atoms with Gasteiger partial charge in [0.2, 0.25) is 0 Å². The van der Waals surface area contributed by atoms with Crippen molar-refractivity contribution in [3.05, 3.63) is 23.8 Å². The zero-order valence-corrected chi connectivity index (χ0v) is 9.15. The second-order valence-corrected chi connectivity index (χ2v) is 4.33. The van der Waals surface area contributed by atoms with Gasteiger partial charge in [-0.3, -0.25) is 4.90 Å². The maximum atomic E-state index is 9.39. The van der Waals surface area contributed by atoms with E-state index in [1.54, 1.807) is 12.1 Å². The molecule has 0 radical (unpaired) electrons. The van der Waals surface area contributed by atoms with Gasteiger partial charge in [0, 0.05) is 37.8 Å². The van der Waals surface area contributed by atoms with Gasteiger partial charge in [0.05, 0.1) is 6.04 Å². The first-order valence-corrected chi connectivity index (χ1v) is 5.75. The molecule has 4 nitrogen and oxygen atoms in total. The third-order valence-electron chi connectivity index (χ3n) is 3.35. The summed E-state index contributed by atoms with van der Waals surface area (Å²) >= 11 is 0. The molecule has 1 unspecified atom stereocenters. The van der Waals surface area contributed by atoms with E-state index in [0.717, 1.165) is 31.9 Å². The number of phenolic OH excluding ortho intramolecular Hbond substituents is 1. The van der Waals surface area contributed by atoms with Crippen LogP contribution in [0.5, 0.6) is 11.5 Å². The molecule has 4 heteroatoms. The summed E-state index contributed by atoms with van der Waals surface area (Å²) in [6.45, 7) is 4.93. The molecular formula is C12H16N2O2. The van der Waals surface area contributed by atoms with E-state index in [1.165, 1.54) is 5.56 Å². The number of piperazine rings is 1. The molecule has 2 aliphatic rings. The molecule has 2 aliphatic heterocycles. The normalized spacial score (nSPS) is 25.1. The molecule has 0 aromatic heterocycles. The third-order valence-corrected chi connectivity index (χ3v) is 3.35. The Morgan fingerprint density at radius 2 is 2.12 bits per heavy atom. The first kappa shape index (κ1) is 9.93. The molecule has 1 fully saturated rings. The zero-order chi connectivity index (χ0) is 11.0. The van der Waals surface area contributed by atoms with Crippen LogP contribution < -0.4 is 10.1 Å². The average molecular weight is 220 g/mol. The van der Waals surface area contributed by atoms with Crippen LogP contribution in [-0.4, -0.2) is 42.8 Å². The van der Waals surface area contributed by atoms with Gasteiger partial charge in [0.15, 0.2) is 0 Å². The van der Waals surface area contributed by atoms with Crippen molar-refractivity contribution in [1.82, 2.24) is 10.2 Å². The molecule has 86 valence electrons. The largest absolute Gasteiger partial charge is 0.508 e. The lowest BCUT2D eigenvalue weighted by atomic mass is 10.1. The topological polar surface area (TPSA) is 44.7 Å². The fourth-order valence-corrected chi connectivity index (χ4v) is 2.48. The second-order valence-electron chi connectivity index (χ2n) is 4.33. The van der Waals surface area contributed by atoms with Gasteiger partial charge in [-0.15, -0.1) is 0 Å². The van der Waals surface area contributed by atoms with Crippen LogP contribution in [0.25, 0.3) is 0 Å². The van der Waals surface area contributed by atoms with Crippen LogP contribution in [0, 0.1) is 0 Å². The highest BCUT2D eigenvalue weighted by atomic mass is 16.5. The fourth-order valence-electron chi connectivity index (χ4n) is 2.48. The highest BCUT2D eigenvalue weighted by Crippen LogP contribution is 2.37. The van der Waals surface area contributed by atoms with E-state index >= 15 is 0 Å². The molecule has 1 aromatic carbocycles. The first-order chi connectivity index (χ1) is 7.84. The molecule has 0 saturated carbocycles. The third kappa shape index (κ3) is 1.64. The highest BCUT2D eigenvalue weighted by Gasteiger charge is 2.30. The zero-order valence-electron chi connectivity index (χ0n) is 9.15. The van der Waals surface area contributed by atoms with Gasteiger partial charge in [-0.2, -0.15) is 0 Å². The molecule has 0 spiro atoms. The molecule has 0 amide bonds. The molecule has 0 aliphatic carbocycles. The number of rotatable bonds is 1. The van der Waals surface area contributed by atoms with Crippen LogP contribution in [0.1, 0.15) is 11.6 Å². The van der Waals surface area contributed by atoms with Crippen molar-refractivity contribution in [1.29, 1.82) is 0 Å². The Hall–Kier alpha value is -1.26. The van der Waals surface area contributed by atoms with Gasteiger partial charge >= 0.3 is 0 Å². The number of hydrogen-bond donors (Lipinski definition) is 2. The SMILES string of the molecule is Oc1ccc2c(c1)OCC2N1CCNCC1. The number of nitrogens with one attached hydrogen (secondary N) is 1. The van der Waals surface area contributed by atoms with Gasteiger partial charge in [-0.25, -0.2) is 0 Å². The number of phenols is 1. The molecule has 2 N–H and O–H groups in total. The quantitative estimate of drug-likeness (QED) is 0.732. The van der Waals surface area contributed by atoms with Crippen LogP contribution in [-0.2, 0) is 0 Å². The summed E-state index contributed by atoms with van der Waals surface area (Å²) in [6.07, 6.45) is 0. The summed E-state index contributed by atoms with van der Waals surface area (Å²) in [4.78, 5) is 2.44. The molecular weight excluding hydrogens is 204 g/mol. The van der Waals surface area contributed by atoms with E-state index in [0.29, 0.717) is 12.6 Å². The number of nitrogens with zero attached hydrogens (tertiary/aromatic N) is 1. The van der Waals surface area contributed by atoms with E-state index < -0.39 is 0 Å². The monoisotopic (exact) mass is 220 g/mol. The van der Waals surface area contributed by atoms with Crippen LogP contribution in [0.2, 0.25) is 0 Å². The van der Waals surface area contributed by atoms with Crippen LogP contribution >= 0.6 is 0 Å². The van der Waals surface area contributed by atoms with E-state index in [2.05, 4.69) is 10.2 Å². The molecule has 1 atom stereocenters. The number of aromatic hydroxyl groups is 1. The van der Waals surface area contributed by atoms with Crippen molar-refractivity contribution in [3.8, 4) is 11.5 Å². The number of benzene rings is 1. The summed E-state index contributed by atoms with van der Waals surface area (Å²) in [6, 6.07) is 5.78. The Balaban J connectivity index is 1.84.